The van der Waals surface area contributed by atoms with Crippen molar-refractivity contribution in [2.45, 2.75) is 13.8 Å². The lowest BCUT2D eigenvalue weighted by atomic mass is 10.0. The van der Waals surface area contributed by atoms with Gasteiger partial charge in [-0.25, -0.2) is 0 Å². The summed E-state index contributed by atoms with van der Waals surface area (Å²) >= 11 is 0. The van der Waals surface area contributed by atoms with E-state index in [9.17, 15) is 4.79 Å². The Labute approximate surface area is 120 Å². The summed E-state index contributed by atoms with van der Waals surface area (Å²) in [6, 6.07) is 5.25. The second-order valence-electron chi connectivity index (χ2n) is 5.65. The molecule has 0 aromatic heterocycles. The average molecular weight is 277 g/mol. The first-order chi connectivity index (χ1) is 9.49. The minimum absolute atomic E-state index is 0.0248. The molecule has 5 heteroatoms. The van der Waals surface area contributed by atoms with Crippen LogP contribution in [0.3, 0.4) is 0 Å². The first-order valence-corrected chi connectivity index (χ1v) is 6.95. The van der Waals surface area contributed by atoms with Crippen LogP contribution in [0.15, 0.2) is 18.2 Å². The number of benzene rings is 1. The summed E-state index contributed by atoms with van der Waals surface area (Å²) in [7, 11) is 1.59. The molecule has 1 heterocycles. The van der Waals surface area contributed by atoms with Gasteiger partial charge >= 0.3 is 0 Å². The number of hydrogen-bond acceptors (Lipinski definition) is 4. The summed E-state index contributed by atoms with van der Waals surface area (Å²) in [6.45, 7) is 6.83. The second kappa shape index (κ2) is 6.13. The maximum atomic E-state index is 12.0. The first kappa shape index (κ1) is 14.7. The van der Waals surface area contributed by atoms with Crippen molar-refractivity contribution in [1.29, 1.82) is 0 Å². The van der Waals surface area contributed by atoms with Gasteiger partial charge in [-0.05, 0) is 24.0 Å². The molecule has 2 atom stereocenters. The second-order valence-corrected chi connectivity index (χ2v) is 5.65. The topological polar surface area (TPSA) is 67.6 Å². The lowest BCUT2D eigenvalue weighted by Gasteiger charge is -2.16. The van der Waals surface area contributed by atoms with Crippen LogP contribution in [0.5, 0.6) is 5.75 Å². The van der Waals surface area contributed by atoms with Gasteiger partial charge in [0.2, 0.25) is 5.91 Å². The molecular formula is C15H23N3O2. The molecule has 110 valence electrons. The van der Waals surface area contributed by atoms with Crippen LogP contribution in [0.4, 0.5) is 11.4 Å². The number of rotatable bonds is 4. The Kier molecular flexibility index (Phi) is 4.49. The Hall–Kier alpha value is -1.75. The fourth-order valence-electron chi connectivity index (χ4n) is 2.55. The third-order valence-electron chi connectivity index (χ3n) is 3.96. The smallest absolute Gasteiger partial charge is 0.238 e. The largest absolute Gasteiger partial charge is 0.497 e. The number of nitrogens with zero attached hydrogens (tertiary/aromatic N) is 1. The summed E-state index contributed by atoms with van der Waals surface area (Å²) < 4.78 is 5.09. The van der Waals surface area contributed by atoms with Crippen LogP contribution >= 0.6 is 0 Å². The fraction of sp³-hybridized carbons (Fsp3) is 0.533. The fourth-order valence-corrected chi connectivity index (χ4v) is 2.55. The van der Waals surface area contributed by atoms with Crippen molar-refractivity contribution in [1.82, 2.24) is 4.90 Å². The van der Waals surface area contributed by atoms with Crippen LogP contribution in [0.1, 0.15) is 13.8 Å². The van der Waals surface area contributed by atoms with Crippen LogP contribution in [-0.2, 0) is 4.79 Å². The lowest BCUT2D eigenvalue weighted by Crippen LogP contribution is -2.31. The van der Waals surface area contributed by atoms with Gasteiger partial charge in [-0.1, -0.05) is 13.8 Å². The van der Waals surface area contributed by atoms with Gasteiger partial charge in [-0.2, -0.15) is 0 Å². The average Bonchev–Trinajstić information content (AvgIpc) is 2.70. The summed E-state index contributed by atoms with van der Waals surface area (Å²) in [5.74, 6) is 1.95. The monoisotopic (exact) mass is 277 g/mol. The number of anilines is 2. The number of hydrogen-bond donors (Lipinski definition) is 2. The number of nitrogen functional groups attached to an aromatic ring is 1. The van der Waals surface area contributed by atoms with Crippen molar-refractivity contribution in [3.05, 3.63) is 18.2 Å². The molecule has 2 unspecified atom stereocenters. The van der Waals surface area contributed by atoms with Crippen molar-refractivity contribution >= 4 is 17.3 Å². The predicted octanol–water partition coefficient (Wildman–Crippen LogP) is 1.80. The number of carbonyl (C=O) groups excluding carboxylic acids is 1. The van der Waals surface area contributed by atoms with E-state index in [2.05, 4.69) is 24.1 Å². The zero-order chi connectivity index (χ0) is 14.7. The number of likely N-dealkylation sites (tertiary alicyclic amines) is 1. The van der Waals surface area contributed by atoms with Crippen molar-refractivity contribution in [3.63, 3.8) is 0 Å². The molecule has 3 N–H and O–H groups in total. The number of nitrogens with one attached hydrogen (secondary N) is 1. The Morgan fingerprint density at radius 1 is 1.40 bits per heavy atom. The minimum Gasteiger partial charge on any atom is -0.497 e. The van der Waals surface area contributed by atoms with E-state index in [1.807, 2.05) is 0 Å². The van der Waals surface area contributed by atoms with Gasteiger partial charge in [0.1, 0.15) is 5.75 Å². The molecule has 5 nitrogen and oxygen atoms in total. The molecule has 0 bridgehead atoms. The van der Waals surface area contributed by atoms with Gasteiger partial charge in [0, 0.05) is 19.2 Å². The summed E-state index contributed by atoms with van der Waals surface area (Å²) in [6.07, 6.45) is 0. The van der Waals surface area contributed by atoms with Gasteiger partial charge < -0.3 is 15.8 Å². The maximum absolute atomic E-state index is 12.0. The van der Waals surface area contributed by atoms with Gasteiger partial charge in [-0.3, -0.25) is 9.69 Å². The molecule has 0 aliphatic carbocycles. The third kappa shape index (κ3) is 3.42. The van der Waals surface area contributed by atoms with E-state index >= 15 is 0 Å². The molecule has 1 aliphatic rings. The zero-order valence-electron chi connectivity index (χ0n) is 12.3. The number of carbonyl (C=O) groups is 1. The molecule has 0 radical (unpaired) electrons. The van der Waals surface area contributed by atoms with Crippen LogP contribution in [0.2, 0.25) is 0 Å². The molecule has 20 heavy (non-hydrogen) atoms. The Morgan fingerprint density at radius 2 is 2.05 bits per heavy atom. The van der Waals surface area contributed by atoms with E-state index in [1.54, 1.807) is 25.3 Å². The Morgan fingerprint density at radius 3 is 2.60 bits per heavy atom. The zero-order valence-corrected chi connectivity index (χ0v) is 12.3. The molecule has 0 saturated carbocycles. The molecule has 0 spiro atoms. The summed E-state index contributed by atoms with van der Waals surface area (Å²) in [5.41, 5.74) is 7.04. The lowest BCUT2D eigenvalue weighted by molar-refractivity contribution is -0.117. The normalized spacial score (nSPS) is 22.8. The first-order valence-electron chi connectivity index (χ1n) is 6.95. The number of nitrogens with two attached hydrogens (primary N) is 1. The molecule has 1 aromatic carbocycles. The van der Waals surface area contributed by atoms with Crippen molar-refractivity contribution in [3.8, 4) is 5.75 Å². The van der Waals surface area contributed by atoms with E-state index in [0.29, 0.717) is 35.5 Å². The molecule has 1 saturated heterocycles. The molecule has 1 amide bonds. The van der Waals surface area contributed by atoms with E-state index in [1.165, 1.54) is 0 Å². The molecule has 1 fully saturated rings. The number of amides is 1. The van der Waals surface area contributed by atoms with E-state index < -0.39 is 0 Å². The highest BCUT2D eigenvalue weighted by molar-refractivity contribution is 5.95. The summed E-state index contributed by atoms with van der Waals surface area (Å²) in [5, 5.41) is 2.86. The van der Waals surface area contributed by atoms with E-state index in [0.717, 1.165) is 13.1 Å². The molecular weight excluding hydrogens is 254 g/mol. The highest BCUT2D eigenvalue weighted by Gasteiger charge is 2.27. The van der Waals surface area contributed by atoms with Gasteiger partial charge in [0.25, 0.3) is 0 Å². The standard InChI is InChI=1S/C15H23N3O2/c1-10-7-18(8-11(10)2)9-15(19)17-14-5-4-12(20-3)6-13(14)16/h4-6,10-11H,7-9,16H2,1-3H3,(H,17,19). The van der Waals surface area contributed by atoms with E-state index in [4.69, 9.17) is 10.5 Å². The van der Waals surface area contributed by atoms with Crippen LogP contribution in [0.25, 0.3) is 0 Å². The minimum atomic E-state index is -0.0248. The quantitative estimate of drug-likeness (QED) is 0.824. The highest BCUT2D eigenvalue weighted by atomic mass is 16.5. The van der Waals surface area contributed by atoms with Crippen molar-refractivity contribution < 1.29 is 9.53 Å². The molecule has 1 aliphatic heterocycles. The predicted molar refractivity (Wildman–Crippen MR) is 80.8 cm³/mol. The SMILES string of the molecule is COc1ccc(NC(=O)CN2CC(C)C(C)C2)c(N)c1. The van der Waals surface area contributed by atoms with Crippen molar-refractivity contribution in [2.75, 3.05) is 37.8 Å². The molecule has 1 aromatic rings. The van der Waals surface area contributed by atoms with Gasteiger partial charge in [0.05, 0.1) is 25.0 Å². The number of ether oxygens (including phenoxy) is 1. The van der Waals surface area contributed by atoms with Crippen LogP contribution in [0, 0.1) is 11.8 Å². The van der Waals surface area contributed by atoms with Crippen LogP contribution < -0.4 is 15.8 Å². The Balaban J connectivity index is 1.92. The van der Waals surface area contributed by atoms with Gasteiger partial charge in [-0.15, -0.1) is 0 Å². The Bertz CT molecular complexity index is 480. The van der Waals surface area contributed by atoms with Crippen molar-refractivity contribution in [2.24, 2.45) is 11.8 Å². The van der Waals surface area contributed by atoms with Gasteiger partial charge in [0.15, 0.2) is 0 Å². The highest BCUT2D eigenvalue weighted by Crippen LogP contribution is 2.25. The summed E-state index contributed by atoms with van der Waals surface area (Å²) in [4.78, 5) is 14.2. The maximum Gasteiger partial charge on any atom is 0.238 e. The van der Waals surface area contributed by atoms with E-state index in [-0.39, 0.29) is 5.91 Å². The molecule has 2 rings (SSSR count). The number of methoxy groups -OCH3 is 1. The third-order valence-corrected chi connectivity index (χ3v) is 3.96. The van der Waals surface area contributed by atoms with Crippen LogP contribution in [-0.4, -0.2) is 37.6 Å².